The number of aliphatic hydroxyl groups is 1. The highest BCUT2D eigenvalue weighted by Gasteiger charge is 1.99. The smallest absolute Gasteiger partial charge is 0.380 e. The maximum absolute atomic E-state index is 9.94. The second kappa shape index (κ2) is 5.16. The van der Waals surface area contributed by atoms with Gasteiger partial charge in [-0.1, -0.05) is 12.7 Å². The predicted octanol–water partition coefficient (Wildman–Crippen LogP) is 1.39. The van der Waals surface area contributed by atoms with E-state index < -0.39 is 11.7 Å². The van der Waals surface area contributed by atoms with Crippen LogP contribution in [0.1, 0.15) is 13.3 Å². The summed E-state index contributed by atoms with van der Waals surface area (Å²) in [6, 6.07) is 0. The third-order valence-electron chi connectivity index (χ3n) is 0.762. The molecule has 3 heteroatoms. The van der Waals surface area contributed by atoms with Gasteiger partial charge >= 0.3 is 5.97 Å². The van der Waals surface area contributed by atoms with Gasteiger partial charge in [-0.2, -0.15) is 0 Å². The monoisotopic (exact) mass is 152 g/mol. The van der Waals surface area contributed by atoms with Crippen LogP contribution in [0.15, 0.2) is 29.0 Å². The van der Waals surface area contributed by atoms with E-state index in [0.717, 1.165) is 6.42 Å². The third-order valence-corrected chi connectivity index (χ3v) is 0.762. The Morgan fingerprint density at radius 1 is 1.55 bits per heavy atom. The molecule has 0 bridgehead atoms. The van der Waals surface area contributed by atoms with Crippen molar-refractivity contribution in [3.8, 4) is 0 Å². The van der Waals surface area contributed by atoms with Crippen molar-refractivity contribution < 1.29 is 15.0 Å². The van der Waals surface area contributed by atoms with Crippen molar-refractivity contribution in [2.24, 2.45) is 0 Å². The lowest BCUT2D eigenvalue weighted by atomic mass is 10.4. The van der Waals surface area contributed by atoms with Crippen LogP contribution in [-0.2, 0) is 4.79 Å². The lowest BCUT2D eigenvalue weighted by Gasteiger charge is -1.79. The molecule has 0 aromatic rings. The van der Waals surface area contributed by atoms with Crippen molar-refractivity contribution in [2.75, 3.05) is 0 Å². The normalized spacial score (nSPS) is 7.00. The zero-order valence-electron chi connectivity index (χ0n) is 6.09. The van der Waals surface area contributed by atoms with E-state index >= 15 is 0 Å². The highest BCUT2D eigenvalue weighted by atomic mass is 16.4. The Balaban J connectivity index is 4.66. The summed E-state index contributed by atoms with van der Waals surface area (Å²) in [7, 11) is 0. The zero-order valence-corrected chi connectivity index (χ0v) is 6.09. The quantitative estimate of drug-likeness (QED) is 0.357. The molecule has 0 saturated carbocycles. The first-order valence-electron chi connectivity index (χ1n) is 3.06. The molecule has 0 unspecified atom stereocenters. The Morgan fingerprint density at radius 3 is 2.64 bits per heavy atom. The van der Waals surface area contributed by atoms with Crippen molar-refractivity contribution >= 4 is 5.97 Å². The first-order valence-corrected chi connectivity index (χ1v) is 3.06. The maximum atomic E-state index is 9.94. The van der Waals surface area contributed by atoms with E-state index in [2.05, 4.69) is 11.5 Å². The molecule has 0 radical (unpaired) electrons. The minimum atomic E-state index is -1.42. The molecule has 11 heavy (non-hydrogen) atoms. The van der Waals surface area contributed by atoms with Crippen LogP contribution in [0.4, 0.5) is 0 Å². The van der Waals surface area contributed by atoms with Gasteiger partial charge < -0.3 is 10.2 Å². The zero-order chi connectivity index (χ0) is 8.69. The number of aliphatic hydroxyl groups excluding tert-OH is 1. The second-order valence-electron chi connectivity index (χ2n) is 1.66. The topological polar surface area (TPSA) is 57.5 Å². The van der Waals surface area contributed by atoms with E-state index in [1.165, 1.54) is 0 Å². The van der Waals surface area contributed by atoms with Gasteiger partial charge in [0.1, 0.15) is 0 Å². The predicted molar refractivity (Wildman–Crippen MR) is 39.2 cm³/mol. The number of carboxylic acids is 1. The molecule has 0 fully saturated rings. The standard InChI is InChI=1S/C8H8O3/c1-2-3-4-5-6-7(9)8(10)11/h3,9H,2H2,1H3,(H,10,11). The minimum absolute atomic E-state index is 0.780. The molecule has 2 N–H and O–H groups in total. The van der Waals surface area contributed by atoms with Gasteiger partial charge in [0.25, 0.3) is 5.76 Å². The fraction of sp³-hybridized carbons (Fsp3) is 0.250. The van der Waals surface area contributed by atoms with E-state index in [4.69, 9.17) is 10.2 Å². The highest BCUT2D eigenvalue weighted by Crippen LogP contribution is 1.80. The number of hydrogen-bond donors (Lipinski definition) is 2. The number of rotatable bonds is 2. The summed E-state index contributed by atoms with van der Waals surface area (Å²) in [4.78, 5) is 9.94. The van der Waals surface area contributed by atoms with Gasteiger partial charge in [-0.15, -0.1) is 0 Å². The molecule has 0 aliphatic heterocycles. The summed E-state index contributed by atoms with van der Waals surface area (Å²) >= 11 is 0. The van der Waals surface area contributed by atoms with Crippen LogP contribution in [-0.4, -0.2) is 16.2 Å². The summed E-state index contributed by atoms with van der Waals surface area (Å²) in [5, 5.41) is 16.6. The molecule has 0 spiro atoms. The Labute approximate surface area is 64.3 Å². The Kier molecular flexibility index (Phi) is 4.39. The molecule has 0 heterocycles. The average Bonchev–Trinajstić information content (AvgIpc) is 1.97. The van der Waals surface area contributed by atoms with Crippen molar-refractivity contribution in [1.82, 2.24) is 0 Å². The molecule has 0 atom stereocenters. The third kappa shape index (κ3) is 4.83. The van der Waals surface area contributed by atoms with Gasteiger partial charge in [0.15, 0.2) is 0 Å². The molecule has 0 aliphatic rings. The van der Waals surface area contributed by atoms with Gasteiger partial charge in [-0.3, -0.25) is 0 Å². The second-order valence-corrected chi connectivity index (χ2v) is 1.66. The fourth-order valence-electron chi connectivity index (χ4n) is 0.302. The molecule has 0 rings (SSSR count). The lowest BCUT2D eigenvalue weighted by Crippen LogP contribution is -1.96. The van der Waals surface area contributed by atoms with Crippen LogP contribution in [0.5, 0.6) is 0 Å². The van der Waals surface area contributed by atoms with E-state index in [-0.39, 0.29) is 0 Å². The van der Waals surface area contributed by atoms with Crippen LogP contribution in [0.2, 0.25) is 0 Å². The molecule has 0 aromatic heterocycles. The molecular weight excluding hydrogens is 144 g/mol. The van der Waals surface area contributed by atoms with Crippen molar-refractivity contribution in [2.45, 2.75) is 13.3 Å². The van der Waals surface area contributed by atoms with E-state index in [1.54, 1.807) is 6.08 Å². The maximum Gasteiger partial charge on any atom is 0.380 e. The van der Waals surface area contributed by atoms with Crippen molar-refractivity contribution in [1.29, 1.82) is 0 Å². The highest BCUT2D eigenvalue weighted by molar-refractivity contribution is 5.83. The summed E-state index contributed by atoms with van der Waals surface area (Å²) in [5.41, 5.74) is 6.73. The molecule has 0 amide bonds. The number of carboxylic acid groups (broad SMARTS) is 1. The largest absolute Gasteiger partial charge is 0.496 e. The van der Waals surface area contributed by atoms with Crippen molar-refractivity contribution in [3.05, 3.63) is 29.0 Å². The van der Waals surface area contributed by atoms with Gasteiger partial charge in [0, 0.05) is 0 Å². The SMILES string of the molecule is CCC=C=C=C=C(O)C(=O)O. The number of allylic oxidation sites excluding steroid dienone is 1. The number of carbonyl (C=O) groups is 1. The molecule has 3 nitrogen and oxygen atoms in total. The summed E-state index contributed by atoms with van der Waals surface area (Å²) in [6.07, 6.45) is 2.42. The van der Waals surface area contributed by atoms with Gasteiger partial charge in [0.05, 0.1) is 0 Å². The van der Waals surface area contributed by atoms with E-state index in [0.29, 0.717) is 0 Å². The van der Waals surface area contributed by atoms with Gasteiger partial charge in [-0.05, 0) is 24.0 Å². The van der Waals surface area contributed by atoms with Gasteiger partial charge in [-0.25, -0.2) is 4.79 Å². The summed E-state index contributed by atoms with van der Waals surface area (Å²) in [5.74, 6) is -2.28. The lowest BCUT2D eigenvalue weighted by molar-refractivity contribution is -0.135. The van der Waals surface area contributed by atoms with Crippen molar-refractivity contribution in [3.63, 3.8) is 0 Å². The van der Waals surface area contributed by atoms with Crippen LogP contribution in [0.3, 0.4) is 0 Å². The molecule has 58 valence electrons. The number of aliphatic carboxylic acids is 1. The van der Waals surface area contributed by atoms with Crippen LogP contribution in [0.25, 0.3) is 0 Å². The summed E-state index contributed by atoms with van der Waals surface area (Å²) in [6.45, 7) is 1.90. The van der Waals surface area contributed by atoms with Crippen LogP contribution < -0.4 is 0 Å². The fourth-order valence-corrected chi connectivity index (χ4v) is 0.302. The molecule has 0 saturated heterocycles. The minimum Gasteiger partial charge on any atom is -0.496 e. The molecule has 0 aliphatic carbocycles. The van der Waals surface area contributed by atoms with E-state index in [9.17, 15) is 4.79 Å². The first-order chi connectivity index (χ1) is 5.18. The molecular formula is C8H8O3. The van der Waals surface area contributed by atoms with E-state index in [1.807, 2.05) is 12.7 Å². The van der Waals surface area contributed by atoms with Gasteiger partial charge in [0.2, 0.25) is 0 Å². The number of hydrogen-bond acceptors (Lipinski definition) is 2. The van der Waals surface area contributed by atoms with Crippen LogP contribution in [0, 0.1) is 0 Å². The Morgan fingerprint density at radius 2 is 2.18 bits per heavy atom. The molecule has 0 aromatic carbocycles. The van der Waals surface area contributed by atoms with Crippen LogP contribution >= 0.6 is 0 Å². The first kappa shape index (κ1) is 9.35. The Hall–Kier alpha value is -1.65. The average molecular weight is 152 g/mol. The summed E-state index contributed by atoms with van der Waals surface area (Å²) < 4.78 is 0. The Bertz CT molecular complexity index is 270.